The molecule has 0 aliphatic heterocycles. The zero-order valence-corrected chi connectivity index (χ0v) is 36.1. The monoisotopic (exact) mass is 846 g/mol. The maximum atomic E-state index is 15.3. The Morgan fingerprint density at radius 3 is 1.63 bits per heavy atom. The van der Waals surface area contributed by atoms with Gasteiger partial charge in [0.1, 0.15) is 84.3 Å². The highest BCUT2D eigenvalue weighted by Gasteiger charge is 2.58. The van der Waals surface area contributed by atoms with E-state index in [1.54, 1.807) is 0 Å². The SMILES string of the molecule is [B]c1c([B])c(-c2c([B])c([B])c(C(F)(F)F)c([B])c2[B])c([B])c([B])c1CN(CCN(CC)CC)C(=O)C([B])([B])n1c(SC([B])([B])c2ccc(F)cc2)nc(=O)c2c1C([B])([B])C([B])([B])C2([B])[B]. The Morgan fingerprint density at radius 1 is 0.723 bits per heavy atom. The largest absolute Gasteiger partial charge is 0.415 e. The summed E-state index contributed by atoms with van der Waals surface area (Å²) in [6.07, 6.45) is -5.06. The molecule has 36 radical (unpaired) electrons. The zero-order valence-electron chi connectivity index (χ0n) is 35.3. The molecule has 3 aromatic carbocycles. The summed E-state index contributed by atoms with van der Waals surface area (Å²) in [6.45, 7) is 4.05. The number of aromatic nitrogens is 2. The van der Waals surface area contributed by atoms with Crippen LogP contribution in [-0.2, 0) is 37.8 Å². The maximum Gasteiger partial charge on any atom is 0.415 e. The van der Waals surface area contributed by atoms with Crippen LogP contribution in [0, 0.1) is 5.82 Å². The summed E-state index contributed by atoms with van der Waals surface area (Å²) in [5.41, 5.74) is -9.61. The maximum absolute atomic E-state index is 15.3. The molecule has 4 aromatic rings. The molecule has 0 spiro atoms. The Hall–Kier alpha value is -2.79. The first-order valence-electron chi connectivity index (χ1n) is 19.3. The molecule has 5 rings (SSSR count). The lowest BCUT2D eigenvalue weighted by Gasteiger charge is -2.48. The third kappa shape index (κ3) is 8.91. The van der Waals surface area contributed by atoms with E-state index >= 15 is 4.79 Å². The molecule has 1 aliphatic carbocycles. The molecule has 0 atom stereocenters. The number of carbonyl (C=O) groups excluding carboxylic acids is 1. The van der Waals surface area contributed by atoms with Gasteiger partial charge >= 0.3 is 6.18 Å². The van der Waals surface area contributed by atoms with E-state index < -0.39 is 116 Å². The summed E-state index contributed by atoms with van der Waals surface area (Å²) in [7, 11) is 116. The van der Waals surface area contributed by atoms with Gasteiger partial charge in [-0.05, 0) is 52.0 Å². The van der Waals surface area contributed by atoms with E-state index in [1.807, 2.05) is 18.7 Å². The van der Waals surface area contributed by atoms with Crippen molar-refractivity contribution in [3.8, 4) is 11.1 Å². The highest BCUT2D eigenvalue weighted by Crippen LogP contribution is 2.58. The number of hydrogen-bond acceptors (Lipinski definition) is 5. The van der Waals surface area contributed by atoms with E-state index in [4.69, 9.17) is 141 Å². The van der Waals surface area contributed by atoms with Gasteiger partial charge in [0.25, 0.3) is 5.56 Å². The first-order chi connectivity index (χ1) is 29.7. The summed E-state index contributed by atoms with van der Waals surface area (Å²) in [5.74, 6) is -1.83. The lowest BCUT2D eigenvalue weighted by molar-refractivity contribution is -0.136. The van der Waals surface area contributed by atoms with Crippen LogP contribution in [-0.4, -0.2) is 193 Å². The highest BCUT2D eigenvalue weighted by molar-refractivity contribution is 8.02. The fourth-order valence-electron chi connectivity index (χ4n) is 7.67. The minimum Gasteiger partial charge on any atom is -0.336 e. The van der Waals surface area contributed by atoms with Crippen LogP contribution in [0.5, 0.6) is 0 Å². The first kappa shape index (κ1) is 53.2. The number of halogens is 4. The average molecular weight is 843 g/mol. The van der Waals surface area contributed by atoms with E-state index in [-0.39, 0.29) is 40.7 Å². The normalized spacial score (nSPS) is 15.5. The van der Waals surface area contributed by atoms with Gasteiger partial charge in [0.05, 0.1) is 62.8 Å². The second-order valence-electron chi connectivity index (χ2n) is 15.8. The van der Waals surface area contributed by atoms with Crippen molar-refractivity contribution in [3.63, 3.8) is 0 Å². The third-order valence-corrected chi connectivity index (χ3v) is 12.7. The van der Waals surface area contributed by atoms with Crippen LogP contribution in [0.3, 0.4) is 0 Å². The van der Waals surface area contributed by atoms with Crippen molar-refractivity contribution in [2.45, 2.75) is 57.2 Å². The van der Waals surface area contributed by atoms with Crippen LogP contribution < -0.4 is 49.3 Å². The van der Waals surface area contributed by atoms with Crippen molar-refractivity contribution in [1.82, 2.24) is 19.4 Å². The second kappa shape index (κ2) is 18.3. The lowest BCUT2D eigenvalue weighted by Crippen LogP contribution is -2.57. The molecule has 0 saturated heterocycles. The van der Waals surface area contributed by atoms with Gasteiger partial charge in [-0.2, -0.15) is 18.2 Å². The molecule has 0 fully saturated rings. The standard InChI is InChI=1S/C36H20B18F4N4O2S/c1-3-60(4-2)9-10-61(11-14-19(37)21(39)15(22(40)20(14)38)16-23(41)25(43)17(35(56,57)58)26(44)24(16)42)29(64)33(49,50)62-27-18(31(45,46)36(53,54)32(27,47)48)28(63)59-30(62)65-34(51,52)12-5-7-13(55)8-6-12/h5-8H,3-4,9-11H2,1-2H3. The number of thioether (sulfide) groups is 1. The van der Waals surface area contributed by atoms with Gasteiger partial charge in [0.15, 0.2) is 5.16 Å². The number of alkyl halides is 3. The number of likely N-dealkylation sites (N-methyl/N-ethyl adjacent to an activating group) is 1. The van der Waals surface area contributed by atoms with Crippen molar-refractivity contribution in [1.29, 1.82) is 0 Å². The van der Waals surface area contributed by atoms with Crippen molar-refractivity contribution in [2.75, 3.05) is 26.2 Å². The Morgan fingerprint density at radius 2 is 1.18 bits per heavy atom. The topological polar surface area (TPSA) is 58.4 Å². The molecule has 1 aromatic heterocycles. The van der Waals surface area contributed by atoms with Gasteiger partial charge in [-0.15, -0.1) is 5.21 Å². The van der Waals surface area contributed by atoms with E-state index in [1.165, 1.54) is 12.1 Å². The van der Waals surface area contributed by atoms with Gasteiger partial charge in [-0.25, -0.2) is 4.39 Å². The predicted octanol–water partition coefficient (Wildman–Crippen LogP) is -7.58. The van der Waals surface area contributed by atoms with Crippen molar-refractivity contribution in [3.05, 3.63) is 68.4 Å². The molecule has 284 valence electrons. The highest BCUT2D eigenvalue weighted by atomic mass is 32.2. The third-order valence-electron chi connectivity index (χ3n) is 11.7. The Bertz CT molecular complexity index is 2570. The molecule has 6 nitrogen and oxygen atoms in total. The molecule has 0 saturated carbocycles. The minimum absolute atomic E-state index is 0.0810. The molecular weight excluding hydrogens is 823 g/mol. The second-order valence-corrected chi connectivity index (χ2v) is 17.0. The first-order valence-corrected chi connectivity index (χ1v) is 20.1. The van der Waals surface area contributed by atoms with Gasteiger partial charge in [0, 0.05) is 41.8 Å². The van der Waals surface area contributed by atoms with Gasteiger partial charge < -0.3 is 14.4 Å². The van der Waals surface area contributed by atoms with Crippen LogP contribution in [0.1, 0.15) is 41.8 Å². The molecule has 0 N–H and O–H groups in total. The van der Waals surface area contributed by atoms with Crippen LogP contribution >= 0.6 is 11.8 Å². The fourth-order valence-corrected chi connectivity index (χ4v) is 8.68. The Labute approximate surface area is 405 Å². The molecule has 65 heavy (non-hydrogen) atoms. The predicted molar refractivity (Wildman–Crippen MR) is 267 cm³/mol. The summed E-state index contributed by atoms with van der Waals surface area (Å²) >= 11 is 0.411. The number of hydrogen-bond donors (Lipinski definition) is 0. The van der Waals surface area contributed by atoms with Crippen LogP contribution in [0.15, 0.2) is 34.2 Å². The number of nitrogens with zero attached hydrogens (tertiary/aromatic N) is 4. The van der Waals surface area contributed by atoms with E-state index in [9.17, 15) is 22.4 Å². The zero-order chi connectivity index (χ0) is 49.5. The quantitative estimate of drug-likeness (QED) is 0.0581. The summed E-state index contributed by atoms with van der Waals surface area (Å²) in [5, 5.41) is -11.3. The Kier molecular flexibility index (Phi) is 14.9. The number of carbonyl (C=O) groups is 1. The van der Waals surface area contributed by atoms with Gasteiger partial charge in [0.2, 0.25) is 5.91 Å². The molecule has 0 bridgehead atoms. The van der Waals surface area contributed by atoms with Crippen LogP contribution in [0.2, 0.25) is 5.21 Å². The number of rotatable bonds is 13. The van der Waals surface area contributed by atoms with Crippen molar-refractivity contribution < 1.29 is 22.4 Å². The molecule has 0 unspecified atom stereocenters. The minimum atomic E-state index is -5.06. The van der Waals surface area contributed by atoms with E-state index in [0.717, 1.165) is 21.6 Å². The fraction of sp³-hybridized carbons (Fsp3) is 0.361. The average Bonchev–Trinajstić information content (AvgIpc) is 3.31. The molecule has 1 amide bonds. The van der Waals surface area contributed by atoms with E-state index in [0.29, 0.717) is 24.9 Å². The summed E-state index contributed by atoms with van der Waals surface area (Å²) in [4.78, 5) is 36.2. The summed E-state index contributed by atoms with van der Waals surface area (Å²) < 4.78 is 54.5. The number of fused-ring (bicyclic) bond motifs is 1. The molecule has 1 heterocycles. The van der Waals surface area contributed by atoms with Crippen molar-refractivity contribution >= 4 is 203 Å². The lowest BCUT2D eigenvalue weighted by atomic mass is 9.20. The number of amides is 1. The number of benzene rings is 3. The Balaban J connectivity index is 1.77. The van der Waals surface area contributed by atoms with Crippen LogP contribution in [0.4, 0.5) is 17.6 Å². The molecule has 29 heteroatoms. The van der Waals surface area contributed by atoms with E-state index in [2.05, 4.69) is 4.98 Å². The molecular formula is C36H20B18F4N4O2S. The molecule has 1 aliphatic rings. The van der Waals surface area contributed by atoms with Gasteiger partial charge in [-0.1, -0.05) is 91.9 Å². The summed E-state index contributed by atoms with van der Waals surface area (Å²) in [6, 6.07) is 4.59. The van der Waals surface area contributed by atoms with Gasteiger partial charge in [-0.3, -0.25) is 9.59 Å². The smallest absolute Gasteiger partial charge is 0.336 e. The van der Waals surface area contributed by atoms with Crippen LogP contribution in [0.25, 0.3) is 11.1 Å². The van der Waals surface area contributed by atoms with Crippen molar-refractivity contribution in [2.24, 2.45) is 0 Å².